The molecule has 0 radical (unpaired) electrons. The van der Waals surface area contributed by atoms with Crippen LogP contribution in [0.4, 0.5) is 11.4 Å². The molecule has 1 heterocycles. The van der Waals surface area contributed by atoms with Gasteiger partial charge in [0, 0.05) is 27.9 Å². The van der Waals surface area contributed by atoms with Crippen molar-refractivity contribution in [2.45, 2.75) is 12.8 Å². The lowest BCUT2D eigenvalue weighted by Gasteiger charge is -2.19. The van der Waals surface area contributed by atoms with Crippen LogP contribution in [0.25, 0.3) is 0 Å². The van der Waals surface area contributed by atoms with Crippen LogP contribution < -0.4 is 10.2 Å². The van der Waals surface area contributed by atoms with E-state index in [9.17, 15) is 4.79 Å². The molecule has 0 bridgehead atoms. The number of amides is 1. The minimum Gasteiger partial charge on any atom is -0.370 e. The highest BCUT2D eigenvalue weighted by Crippen LogP contribution is 2.31. The molecular formula is C17H16ClIN2O. The van der Waals surface area contributed by atoms with Crippen LogP contribution in [0.3, 0.4) is 0 Å². The highest BCUT2D eigenvalue weighted by molar-refractivity contribution is 14.1. The molecule has 0 saturated carbocycles. The van der Waals surface area contributed by atoms with Crippen LogP contribution in [0.1, 0.15) is 23.2 Å². The van der Waals surface area contributed by atoms with Crippen molar-refractivity contribution in [3.63, 3.8) is 0 Å². The van der Waals surface area contributed by atoms with Gasteiger partial charge in [-0.25, -0.2) is 0 Å². The summed E-state index contributed by atoms with van der Waals surface area (Å²) in [5.74, 6) is -0.122. The summed E-state index contributed by atoms with van der Waals surface area (Å²) in [6.45, 7) is 2.10. The van der Waals surface area contributed by atoms with Crippen molar-refractivity contribution in [1.82, 2.24) is 0 Å². The van der Waals surface area contributed by atoms with E-state index in [1.807, 2.05) is 36.4 Å². The van der Waals surface area contributed by atoms with E-state index >= 15 is 0 Å². The molecule has 1 saturated heterocycles. The fraction of sp³-hybridized carbons (Fsp3) is 0.235. The largest absolute Gasteiger partial charge is 0.370 e. The molecule has 0 spiro atoms. The van der Waals surface area contributed by atoms with Gasteiger partial charge in [0.1, 0.15) is 0 Å². The first kappa shape index (κ1) is 15.6. The average Bonchev–Trinajstić information content (AvgIpc) is 3.01. The summed E-state index contributed by atoms with van der Waals surface area (Å²) in [6, 6.07) is 13.2. The first-order valence-corrected chi connectivity index (χ1v) is 8.70. The summed E-state index contributed by atoms with van der Waals surface area (Å²) in [5.41, 5.74) is 2.41. The molecule has 1 N–H and O–H groups in total. The van der Waals surface area contributed by atoms with Gasteiger partial charge in [-0.05, 0) is 71.8 Å². The van der Waals surface area contributed by atoms with E-state index in [1.54, 1.807) is 6.07 Å². The quantitative estimate of drug-likeness (QED) is 0.715. The molecule has 2 aromatic carbocycles. The molecular weight excluding hydrogens is 411 g/mol. The first-order valence-electron chi connectivity index (χ1n) is 7.25. The number of carbonyl (C=O) groups is 1. The standard InChI is InChI=1S/C17H16ClIN2O/c18-15-11-14(6-7-16(15)21-8-1-2-9-21)20-17(22)12-4-3-5-13(19)10-12/h3-7,10-11H,1-2,8-9H2,(H,20,22). The van der Waals surface area contributed by atoms with Gasteiger partial charge in [0.2, 0.25) is 0 Å². The van der Waals surface area contributed by atoms with Crippen molar-refractivity contribution in [2.24, 2.45) is 0 Å². The maximum Gasteiger partial charge on any atom is 0.255 e. The number of anilines is 2. The van der Waals surface area contributed by atoms with Crippen LogP contribution in [-0.2, 0) is 0 Å². The van der Waals surface area contributed by atoms with E-state index in [0.29, 0.717) is 10.6 Å². The molecule has 114 valence electrons. The smallest absolute Gasteiger partial charge is 0.255 e. The zero-order chi connectivity index (χ0) is 15.5. The summed E-state index contributed by atoms with van der Waals surface area (Å²) in [5, 5.41) is 3.58. The molecule has 1 fully saturated rings. The lowest BCUT2D eigenvalue weighted by molar-refractivity contribution is 0.102. The van der Waals surface area contributed by atoms with Crippen molar-refractivity contribution in [3.05, 3.63) is 56.6 Å². The summed E-state index contributed by atoms with van der Waals surface area (Å²) in [7, 11) is 0. The average molecular weight is 427 g/mol. The van der Waals surface area contributed by atoms with Crippen molar-refractivity contribution in [1.29, 1.82) is 0 Å². The number of carbonyl (C=O) groups excluding carboxylic acids is 1. The van der Waals surface area contributed by atoms with Gasteiger partial charge in [-0.2, -0.15) is 0 Å². The molecule has 1 aliphatic rings. The van der Waals surface area contributed by atoms with Crippen molar-refractivity contribution < 1.29 is 4.79 Å². The van der Waals surface area contributed by atoms with Crippen LogP contribution in [0.15, 0.2) is 42.5 Å². The first-order chi connectivity index (χ1) is 10.6. The third kappa shape index (κ3) is 3.55. The van der Waals surface area contributed by atoms with E-state index < -0.39 is 0 Å². The monoisotopic (exact) mass is 426 g/mol. The second-order valence-corrected chi connectivity index (χ2v) is 6.98. The Morgan fingerprint density at radius 1 is 1.14 bits per heavy atom. The number of hydrogen-bond donors (Lipinski definition) is 1. The van der Waals surface area contributed by atoms with Crippen molar-refractivity contribution in [2.75, 3.05) is 23.3 Å². The molecule has 2 aromatic rings. The Morgan fingerprint density at radius 3 is 2.59 bits per heavy atom. The molecule has 1 aliphatic heterocycles. The summed E-state index contributed by atoms with van der Waals surface area (Å²) in [4.78, 5) is 14.5. The number of nitrogens with one attached hydrogen (secondary N) is 1. The Morgan fingerprint density at radius 2 is 1.91 bits per heavy atom. The number of halogens is 2. The zero-order valence-corrected chi connectivity index (χ0v) is 14.9. The Labute approximate surface area is 148 Å². The van der Waals surface area contributed by atoms with Gasteiger partial charge in [0.05, 0.1) is 10.7 Å². The fourth-order valence-electron chi connectivity index (χ4n) is 2.63. The SMILES string of the molecule is O=C(Nc1ccc(N2CCCC2)c(Cl)c1)c1cccc(I)c1. The van der Waals surface area contributed by atoms with Crippen LogP contribution >= 0.6 is 34.2 Å². The van der Waals surface area contributed by atoms with Gasteiger partial charge in [-0.1, -0.05) is 17.7 Å². The molecule has 1 amide bonds. The van der Waals surface area contributed by atoms with Gasteiger partial charge in [-0.3, -0.25) is 4.79 Å². The number of hydrogen-bond acceptors (Lipinski definition) is 2. The lowest BCUT2D eigenvalue weighted by atomic mass is 10.2. The molecule has 0 aromatic heterocycles. The van der Waals surface area contributed by atoms with E-state index in [1.165, 1.54) is 12.8 Å². The van der Waals surface area contributed by atoms with Gasteiger partial charge in [0.25, 0.3) is 5.91 Å². The summed E-state index contributed by atoms with van der Waals surface area (Å²) in [6.07, 6.45) is 2.42. The molecule has 0 unspecified atom stereocenters. The van der Waals surface area contributed by atoms with Gasteiger partial charge < -0.3 is 10.2 Å². The Bertz CT molecular complexity index is 699. The number of nitrogens with zero attached hydrogens (tertiary/aromatic N) is 1. The molecule has 22 heavy (non-hydrogen) atoms. The maximum atomic E-state index is 12.3. The van der Waals surface area contributed by atoms with E-state index in [-0.39, 0.29) is 5.91 Å². The Balaban J connectivity index is 1.75. The number of rotatable bonds is 3. The third-order valence-electron chi connectivity index (χ3n) is 3.74. The normalized spacial score (nSPS) is 14.2. The fourth-order valence-corrected chi connectivity index (χ4v) is 3.48. The Hall–Kier alpha value is -1.27. The highest BCUT2D eigenvalue weighted by atomic mass is 127. The lowest BCUT2D eigenvalue weighted by Crippen LogP contribution is -2.18. The minimum atomic E-state index is -0.122. The highest BCUT2D eigenvalue weighted by Gasteiger charge is 2.15. The van der Waals surface area contributed by atoms with Crippen LogP contribution in [0.2, 0.25) is 5.02 Å². The molecule has 0 atom stereocenters. The van der Waals surface area contributed by atoms with Crippen molar-refractivity contribution in [3.8, 4) is 0 Å². The second kappa shape index (κ2) is 6.87. The second-order valence-electron chi connectivity index (χ2n) is 5.32. The Kier molecular flexibility index (Phi) is 4.88. The topological polar surface area (TPSA) is 32.3 Å². The minimum absolute atomic E-state index is 0.122. The molecule has 3 nitrogen and oxygen atoms in total. The summed E-state index contributed by atoms with van der Waals surface area (Å²) < 4.78 is 1.03. The van der Waals surface area contributed by atoms with Crippen LogP contribution in [-0.4, -0.2) is 19.0 Å². The van der Waals surface area contributed by atoms with Gasteiger partial charge in [0.15, 0.2) is 0 Å². The van der Waals surface area contributed by atoms with Crippen LogP contribution in [0.5, 0.6) is 0 Å². The van der Waals surface area contributed by atoms with E-state index in [2.05, 4.69) is 32.8 Å². The molecule has 3 rings (SSSR count). The summed E-state index contributed by atoms with van der Waals surface area (Å²) >= 11 is 8.56. The third-order valence-corrected chi connectivity index (χ3v) is 4.71. The maximum absolute atomic E-state index is 12.3. The zero-order valence-electron chi connectivity index (χ0n) is 12.0. The van der Waals surface area contributed by atoms with Crippen LogP contribution in [0, 0.1) is 3.57 Å². The predicted molar refractivity (Wildman–Crippen MR) is 100 cm³/mol. The molecule has 5 heteroatoms. The van der Waals surface area contributed by atoms with E-state index in [4.69, 9.17) is 11.6 Å². The van der Waals surface area contributed by atoms with Crippen molar-refractivity contribution >= 4 is 51.5 Å². The van der Waals surface area contributed by atoms with E-state index in [0.717, 1.165) is 28.0 Å². The predicted octanol–water partition coefficient (Wildman–Crippen LogP) is 4.80. The van der Waals surface area contributed by atoms with Gasteiger partial charge in [-0.15, -0.1) is 0 Å². The number of benzene rings is 2. The van der Waals surface area contributed by atoms with Gasteiger partial charge >= 0.3 is 0 Å². The molecule has 0 aliphatic carbocycles.